The van der Waals surface area contributed by atoms with Gasteiger partial charge in [-0.1, -0.05) is 0 Å². The number of aliphatic hydroxyl groups excluding tert-OH is 1. The fourth-order valence-corrected chi connectivity index (χ4v) is 3.95. The van der Waals surface area contributed by atoms with Crippen molar-refractivity contribution in [3.05, 3.63) is 30.1 Å². The van der Waals surface area contributed by atoms with Gasteiger partial charge in [-0.25, -0.2) is 4.98 Å². The highest BCUT2D eigenvalue weighted by Gasteiger charge is 2.36. The third-order valence-corrected chi connectivity index (χ3v) is 5.34. The van der Waals surface area contributed by atoms with Crippen molar-refractivity contribution in [2.45, 2.75) is 37.5 Å². The summed E-state index contributed by atoms with van der Waals surface area (Å²) in [5, 5.41) is 13.8. The molecule has 0 unspecified atom stereocenters. The number of aromatic amines is 1. The molecule has 7 nitrogen and oxygen atoms in total. The van der Waals surface area contributed by atoms with E-state index < -0.39 is 6.10 Å². The molecule has 0 spiro atoms. The van der Waals surface area contributed by atoms with Crippen LogP contribution in [0.5, 0.6) is 0 Å². The Labute approximate surface area is 146 Å². The maximum atomic E-state index is 12.6. The van der Waals surface area contributed by atoms with Crippen LogP contribution in [0.1, 0.15) is 29.6 Å². The number of hydrogen-bond donors (Lipinski definition) is 3. The number of H-pyrrole nitrogens is 1. The van der Waals surface area contributed by atoms with Gasteiger partial charge in [0.15, 0.2) is 0 Å². The van der Waals surface area contributed by atoms with Gasteiger partial charge in [0.05, 0.1) is 42.7 Å². The molecule has 1 aromatic carbocycles. The normalized spacial score (nSPS) is 28.1. The van der Waals surface area contributed by atoms with E-state index in [1.165, 1.54) is 0 Å². The van der Waals surface area contributed by atoms with Gasteiger partial charge in [-0.2, -0.15) is 0 Å². The van der Waals surface area contributed by atoms with Crippen molar-refractivity contribution in [1.29, 1.82) is 0 Å². The third kappa shape index (κ3) is 3.40. The van der Waals surface area contributed by atoms with Crippen molar-refractivity contribution in [2.24, 2.45) is 0 Å². The summed E-state index contributed by atoms with van der Waals surface area (Å²) in [5.74, 6) is -0.150. The molecule has 1 saturated heterocycles. The van der Waals surface area contributed by atoms with E-state index in [4.69, 9.17) is 4.74 Å². The van der Waals surface area contributed by atoms with E-state index in [9.17, 15) is 9.90 Å². The Bertz CT molecular complexity index is 741. The molecule has 0 radical (unpaired) electrons. The van der Waals surface area contributed by atoms with Gasteiger partial charge < -0.3 is 20.1 Å². The van der Waals surface area contributed by atoms with E-state index >= 15 is 0 Å². The highest BCUT2D eigenvalue weighted by atomic mass is 16.5. The van der Waals surface area contributed by atoms with Crippen LogP contribution in [-0.4, -0.2) is 70.4 Å². The largest absolute Gasteiger partial charge is 0.389 e. The van der Waals surface area contributed by atoms with E-state index in [0.29, 0.717) is 18.8 Å². The third-order valence-electron chi connectivity index (χ3n) is 5.34. The molecule has 2 aromatic rings. The molecule has 4 rings (SSSR count). The summed E-state index contributed by atoms with van der Waals surface area (Å²) < 4.78 is 5.40. The van der Waals surface area contributed by atoms with Gasteiger partial charge in [-0.05, 0) is 37.5 Å². The molecule has 7 heteroatoms. The molecular weight excluding hydrogens is 320 g/mol. The standard InChI is InChI=1S/C18H24N4O3/c23-17-14(2-1-3-16(17)22-6-8-25-9-7-22)21-18(24)12-4-5-13-15(10-12)20-11-19-13/h4-5,10-11,14,16-17,23H,1-3,6-9H2,(H,19,20)(H,21,24)/t14-,16-,17-/m1/s1. The van der Waals surface area contributed by atoms with Gasteiger partial charge in [0.1, 0.15) is 0 Å². The van der Waals surface area contributed by atoms with E-state index in [0.717, 1.165) is 43.4 Å². The number of ether oxygens (including phenoxy) is 1. The van der Waals surface area contributed by atoms with Gasteiger partial charge in [0.2, 0.25) is 0 Å². The number of nitrogens with one attached hydrogen (secondary N) is 2. The lowest BCUT2D eigenvalue weighted by Crippen LogP contribution is -2.58. The number of aromatic nitrogens is 2. The Morgan fingerprint density at radius 2 is 2.16 bits per heavy atom. The summed E-state index contributed by atoms with van der Waals surface area (Å²) in [5.41, 5.74) is 2.25. The fourth-order valence-electron chi connectivity index (χ4n) is 3.95. The molecular formula is C18H24N4O3. The second-order valence-corrected chi connectivity index (χ2v) is 6.85. The van der Waals surface area contributed by atoms with Crippen LogP contribution in [0.25, 0.3) is 11.0 Å². The van der Waals surface area contributed by atoms with E-state index in [-0.39, 0.29) is 18.0 Å². The number of hydrogen-bond acceptors (Lipinski definition) is 5. The molecule has 1 amide bonds. The number of aliphatic hydroxyl groups is 1. The first-order chi connectivity index (χ1) is 12.2. The average molecular weight is 344 g/mol. The van der Waals surface area contributed by atoms with Crippen molar-refractivity contribution >= 4 is 16.9 Å². The van der Waals surface area contributed by atoms with Crippen LogP contribution >= 0.6 is 0 Å². The van der Waals surface area contributed by atoms with Crippen LogP contribution in [0.15, 0.2) is 24.5 Å². The first kappa shape index (κ1) is 16.5. The van der Waals surface area contributed by atoms with E-state index in [1.54, 1.807) is 18.5 Å². The van der Waals surface area contributed by atoms with Crippen LogP contribution < -0.4 is 5.32 Å². The first-order valence-corrected chi connectivity index (χ1v) is 8.96. The van der Waals surface area contributed by atoms with Crippen molar-refractivity contribution in [3.63, 3.8) is 0 Å². The summed E-state index contributed by atoms with van der Waals surface area (Å²) in [6, 6.07) is 5.28. The van der Waals surface area contributed by atoms with Crippen molar-refractivity contribution in [3.8, 4) is 0 Å². The second-order valence-electron chi connectivity index (χ2n) is 6.85. The molecule has 2 fully saturated rings. The van der Waals surface area contributed by atoms with Crippen molar-refractivity contribution in [2.75, 3.05) is 26.3 Å². The van der Waals surface area contributed by atoms with Gasteiger partial charge in [-0.3, -0.25) is 9.69 Å². The molecule has 25 heavy (non-hydrogen) atoms. The molecule has 1 aromatic heterocycles. The summed E-state index contributed by atoms with van der Waals surface area (Å²) in [7, 11) is 0. The lowest BCUT2D eigenvalue weighted by atomic mass is 9.86. The molecule has 3 N–H and O–H groups in total. The molecule has 2 heterocycles. The number of imidazole rings is 1. The minimum Gasteiger partial charge on any atom is -0.389 e. The zero-order chi connectivity index (χ0) is 17.2. The maximum absolute atomic E-state index is 12.6. The zero-order valence-corrected chi connectivity index (χ0v) is 14.1. The average Bonchev–Trinajstić information content (AvgIpc) is 3.12. The Hall–Kier alpha value is -1.96. The zero-order valence-electron chi connectivity index (χ0n) is 14.1. The smallest absolute Gasteiger partial charge is 0.251 e. The number of carbonyl (C=O) groups is 1. The van der Waals surface area contributed by atoms with Crippen molar-refractivity contribution in [1.82, 2.24) is 20.2 Å². The summed E-state index contributed by atoms with van der Waals surface area (Å²) in [6.07, 6.45) is 3.84. The number of morpholine rings is 1. The quantitative estimate of drug-likeness (QED) is 0.770. The maximum Gasteiger partial charge on any atom is 0.251 e. The highest BCUT2D eigenvalue weighted by molar-refractivity contribution is 5.97. The van der Waals surface area contributed by atoms with Gasteiger partial charge in [-0.15, -0.1) is 0 Å². The Morgan fingerprint density at radius 3 is 3.00 bits per heavy atom. The molecule has 1 aliphatic heterocycles. The number of fused-ring (bicyclic) bond motifs is 1. The minimum atomic E-state index is -0.549. The fraction of sp³-hybridized carbons (Fsp3) is 0.556. The van der Waals surface area contributed by atoms with Gasteiger partial charge in [0.25, 0.3) is 5.91 Å². The first-order valence-electron chi connectivity index (χ1n) is 8.96. The lowest BCUT2D eigenvalue weighted by molar-refractivity contribution is -0.0459. The van der Waals surface area contributed by atoms with Gasteiger partial charge in [0, 0.05) is 24.7 Å². The van der Waals surface area contributed by atoms with Crippen LogP contribution in [0, 0.1) is 0 Å². The number of nitrogens with zero attached hydrogens (tertiary/aromatic N) is 2. The van der Waals surface area contributed by atoms with Gasteiger partial charge >= 0.3 is 0 Å². The van der Waals surface area contributed by atoms with Crippen LogP contribution in [0.4, 0.5) is 0 Å². The summed E-state index contributed by atoms with van der Waals surface area (Å²) in [4.78, 5) is 22.1. The molecule has 134 valence electrons. The minimum absolute atomic E-state index is 0.0954. The molecule has 2 aliphatic rings. The Morgan fingerprint density at radius 1 is 1.32 bits per heavy atom. The summed E-state index contributed by atoms with van der Waals surface area (Å²) >= 11 is 0. The van der Waals surface area contributed by atoms with Crippen molar-refractivity contribution < 1.29 is 14.6 Å². The predicted octanol–water partition coefficient (Wildman–Crippen LogP) is 0.907. The SMILES string of the molecule is O=C(N[C@@H]1CCC[C@@H](N2CCOCC2)[C@@H]1O)c1ccc2nc[nH]c2c1. The highest BCUT2D eigenvalue weighted by Crippen LogP contribution is 2.25. The second kappa shape index (κ2) is 7.11. The number of amides is 1. The van der Waals surface area contributed by atoms with Crippen LogP contribution in [0.3, 0.4) is 0 Å². The monoisotopic (exact) mass is 344 g/mol. The topological polar surface area (TPSA) is 90.5 Å². The molecule has 3 atom stereocenters. The van der Waals surface area contributed by atoms with E-state index in [2.05, 4.69) is 20.2 Å². The number of rotatable bonds is 3. The van der Waals surface area contributed by atoms with Crippen LogP contribution in [-0.2, 0) is 4.74 Å². The lowest BCUT2D eigenvalue weighted by Gasteiger charge is -2.43. The molecule has 1 saturated carbocycles. The number of benzene rings is 1. The molecule has 0 bridgehead atoms. The predicted molar refractivity (Wildman–Crippen MR) is 93.4 cm³/mol. The van der Waals surface area contributed by atoms with Crippen LogP contribution in [0.2, 0.25) is 0 Å². The van der Waals surface area contributed by atoms with E-state index in [1.807, 2.05) is 6.07 Å². The number of carbonyl (C=O) groups excluding carboxylic acids is 1. The Balaban J connectivity index is 1.44. The Kier molecular flexibility index (Phi) is 4.70. The molecule has 1 aliphatic carbocycles. The summed E-state index contributed by atoms with van der Waals surface area (Å²) in [6.45, 7) is 3.12.